The van der Waals surface area contributed by atoms with Gasteiger partial charge in [0.05, 0.1) is 0 Å². The molecule has 10 heavy (non-hydrogen) atoms. The Labute approximate surface area is 62.8 Å². The zero-order valence-electron chi connectivity index (χ0n) is 6.73. The number of ketones is 1. The third kappa shape index (κ3) is 5.76. The maximum Gasteiger partial charge on any atom is 0.132 e. The van der Waals surface area contributed by atoms with E-state index in [1.165, 1.54) is 0 Å². The molecule has 0 spiro atoms. The Kier molecular flexibility index (Phi) is 6.50. The summed E-state index contributed by atoms with van der Waals surface area (Å²) in [6, 6.07) is 0. The average molecular weight is 143 g/mol. The van der Waals surface area contributed by atoms with E-state index in [-0.39, 0.29) is 0 Å². The van der Waals surface area contributed by atoms with Gasteiger partial charge in [-0.05, 0) is 25.8 Å². The summed E-state index contributed by atoms with van der Waals surface area (Å²) in [4.78, 5) is 10.9. The van der Waals surface area contributed by atoms with Crippen molar-refractivity contribution in [1.29, 1.82) is 0 Å². The molecule has 2 N–H and O–H groups in total. The molecule has 0 aromatic carbocycles. The molecule has 0 saturated heterocycles. The van der Waals surface area contributed by atoms with Gasteiger partial charge in [0, 0.05) is 12.8 Å². The maximum atomic E-state index is 10.9. The number of hydrogen-bond acceptors (Lipinski definition) is 2. The first kappa shape index (κ1) is 9.63. The molecular weight excluding hydrogens is 126 g/mol. The number of unbranched alkanes of at least 4 members (excludes halogenated alkanes) is 1. The summed E-state index contributed by atoms with van der Waals surface area (Å²) >= 11 is 0. The van der Waals surface area contributed by atoms with Gasteiger partial charge >= 0.3 is 0 Å². The number of rotatable bonds is 6. The van der Waals surface area contributed by atoms with Gasteiger partial charge < -0.3 is 5.73 Å². The first-order chi connectivity index (χ1) is 4.81. The fourth-order valence-electron chi connectivity index (χ4n) is 0.870. The summed E-state index contributed by atoms with van der Waals surface area (Å²) in [6.07, 6.45) is 4.39. The minimum atomic E-state index is 0.385. The predicted molar refractivity (Wildman–Crippen MR) is 42.8 cm³/mol. The lowest BCUT2D eigenvalue weighted by Gasteiger charge is -1.96. The van der Waals surface area contributed by atoms with E-state index in [1.807, 2.05) is 6.92 Å². The lowest BCUT2D eigenvalue weighted by molar-refractivity contribution is -0.119. The van der Waals surface area contributed by atoms with Gasteiger partial charge in [0.1, 0.15) is 5.78 Å². The predicted octanol–water partition coefficient (Wildman–Crippen LogP) is 1.48. The molecule has 0 aliphatic carbocycles. The van der Waals surface area contributed by atoms with Crippen molar-refractivity contribution in [3.05, 3.63) is 0 Å². The molecular formula is C8H17NO. The van der Waals surface area contributed by atoms with Crippen LogP contribution in [0.2, 0.25) is 0 Å². The average Bonchev–Trinajstić information content (AvgIpc) is 1.89. The summed E-state index contributed by atoms with van der Waals surface area (Å²) in [5.74, 6) is 0.385. The van der Waals surface area contributed by atoms with Gasteiger partial charge in [-0.3, -0.25) is 4.79 Å². The number of hydrogen-bond donors (Lipinski definition) is 1. The van der Waals surface area contributed by atoms with E-state index < -0.39 is 0 Å². The third-order valence-electron chi connectivity index (χ3n) is 1.44. The molecule has 0 aliphatic rings. The van der Waals surface area contributed by atoms with Gasteiger partial charge in [0.15, 0.2) is 0 Å². The Morgan fingerprint density at radius 2 is 2.00 bits per heavy atom. The van der Waals surface area contributed by atoms with Crippen molar-refractivity contribution in [2.75, 3.05) is 6.54 Å². The highest BCUT2D eigenvalue weighted by atomic mass is 16.1. The number of carbonyl (C=O) groups excluding carboxylic acids is 1. The molecule has 2 heteroatoms. The van der Waals surface area contributed by atoms with Crippen molar-refractivity contribution in [3.63, 3.8) is 0 Å². The minimum absolute atomic E-state index is 0.385. The zero-order valence-corrected chi connectivity index (χ0v) is 6.73. The minimum Gasteiger partial charge on any atom is -0.330 e. The fourth-order valence-corrected chi connectivity index (χ4v) is 0.870. The Morgan fingerprint density at radius 1 is 1.30 bits per heavy atom. The summed E-state index contributed by atoms with van der Waals surface area (Å²) in [7, 11) is 0. The van der Waals surface area contributed by atoms with E-state index in [0.717, 1.165) is 32.1 Å². The molecule has 0 unspecified atom stereocenters. The van der Waals surface area contributed by atoms with Gasteiger partial charge in [-0.25, -0.2) is 0 Å². The van der Waals surface area contributed by atoms with Crippen LogP contribution in [0.1, 0.15) is 39.0 Å². The number of Topliss-reactive ketones (excluding diaryl/α,β-unsaturated/α-hetero) is 1. The molecule has 0 atom stereocenters. The molecule has 0 heterocycles. The van der Waals surface area contributed by atoms with E-state index >= 15 is 0 Å². The van der Waals surface area contributed by atoms with Crippen molar-refractivity contribution in [3.8, 4) is 0 Å². The van der Waals surface area contributed by atoms with Crippen molar-refractivity contribution in [2.45, 2.75) is 39.0 Å². The van der Waals surface area contributed by atoms with Gasteiger partial charge in [-0.2, -0.15) is 0 Å². The fraction of sp³-hybridized carbons (Fsp3) is 0.875. The van der Waals surface area contributed by atoms with Gasteiger partial charge in [0.2, 0.25) is 0 Å². The molecule has 0 rings (SSSR count). The van der Waals surface area contributed by atoms with Crippen molar-refractivity contribution in [2.24, 2.45) is 5.73 Å². The van der Waals surface area contributed by atoms with Crippen LogP contribution in [0, 0.1) is 0 Å². The highest BCUT2D eigenvalue weighted by Gasteiger charge is 1.97. The highest BCUT2D eigenvalue weighted by molar-refractivity contribution is 5.78. The Morgan fingerprint density at radius 3 is 2.50 bits per heavy atom. The molecule has 0 fully saturated rings. The smallest absolute Gasteiger partial charge is 0.132 e. The van der Waals surface area contributed by atoms with Crippen LogP contribution >= 0.6 is 0 Å². The van der Waals surface area contributed by atoms with Crippen LogP contribution < -0.4 is 5.73 Å². The summed E-state index contributed by atoms with van der Waals surface area (Å²) in [6.45, 7) is 2.74. The normalized spacial score (nSPS) is 9.80. The molecule has 0 radical (unpaired) electrons. The summed E-state index contributed by atoms with van der Waals surface area (Å²) < 4.78 is 0. The highest BCUT2D eigenvalue weighted by Crippen LogP contribution is 1.99. The van der Waals surface area contributed by atoms with E-state index in [1.54, 1.807) is 0 Å². The Balaban J connectivity index is 3.05. The largest absolute Gasteiger partial charge is 0.330 e. The van der Waals surface area contributed by atoms with Crippen LogP contribution in [-0.4, -0.2) is 12.3 Å². The maximum absolute atomic E-state index is 10.9. The van der Waals surface area contributed by atoms with Crippen molar-refractivity contribution < 1.29 is 4.79 Å². The molecule has 60 valence electrons. The second-order valence-corrected chi connectivity index (χ2v) is 2.53. The Hall–Kier alpha value is -0.370. The van der Waals surface area contributed by atoms with Crippen molar-refractivity contribution >= 4 is 5.78 Å². The molecule has 0 aliphatic heterocycles. The quantitative estimate of drug-likeness (QED) is 0.572. The SMILES string of the molecule is CCCC(=O)CCCCN. The molecule has 0 bridgehead atoms. The van der Waals surface area contributed by atoms with Crippen LogP contribution in [0.25, 0.3) is 0 Å². The van der Waals surface area contributed by atoms with E-state index in [2.05, 4.69) is 0 Å². The molecule has 2 nitrogen and oxygen atoms in total. The first-order valence-corrected chi connectivity index (χ1v) is 4.03. The van der Waals surface area contributed by atoms with Crippen LogP contribution in [0.4, 0.5) is 0 Å². The first-order valence-electron chi connectivity index (χ1n) is 4.03. The van der Waals surface area contributed by atoms with Crippen molar-refractivity contribution in [1.82, 2.24) is 0 Å². The van der Waals surface area contributed by atoms with Gasteiger partial charge in [-0.15, -0.1) is 0 Å². The molecule has 0 aromatic rings. The van der Waals surface area contributed by atoms with Gasteiger partial charge in [-0.1, -0.05) is 6.92 Å². The summed E-state index contributed by atoms with van der Waals surface area (Å²) in [5.41, 5.74) is 5.28. The number of nitrogens with two attached hydrogens (primary N) is 1. The van der Waals surface area contributed by atoms with E-state index in [0.29, 0.717) is 12.3 Å². The second-order valence-electron chi connectivity index (χ2n) is 2.53. The standard InChI is InChI=1S/C8H17NO/c1-2-5-8(10)6-3-4-7-9/h2-7,9H2,1H3. The number of carbonyl (C=O) groups is 1. The lowest BCUT2D eigenvalue weighted by atomic mass is 10.1. The molecule has 0 saturated carbocycles. The van der Waals surface area contributed by atoms with E-state index in [4.69, 9.17) is 5.73 Å². The topological polar surface area (TPSA) is 43.1 Å². The third-order valence-corrected chi connectivity index (χ3v) is 1.44. The molecule has 0 amide bonds. The van der Waals surface area contributed by atoms with Crippen LogP contribution in [0.15, 0.2) is 0 Å². The zero-order chi connectivity index (χ0) is 7.82. The Bertz CT molecular complexity index is 91.3. The van der Waals surface area contributed by atoms with Crippen LogP contribution in [-0.2, 0) is 4.79 Å². The lowest BCUT2D eigenvalue weighted by Crippen LogP contribution is -2.01. The van der Waals surface area contributed by atoms with E-state index in [9.17, 15) is 4.79 Å². The molecule has 0 aromatic heterocycles. The monoisotopic (exact) mass is 143 g/mol. The summed E-state index contributed by atoms with van der Waals surface area (Å²) in [5, 5.41) is 0. The van der Waals surface area contributed by atoms with Crippen LogP contribution in [0.3, 0.4) is 0 Å². The van der Waals surface area contributed by atoms with Gasteiger partial charge in [0.25, 0.3) is 0 Å². The second kappa shape index (κ2) is 6.75. The van der Waals surface area contributed by atoms with Crippen LogP contribution in [0.5, 0.6) is 0 Å².